The summed E-state index contributed by atoms with van der Waals surface area (Å²) in [7, 11) is 1.58. The molecule has 0 radical (unpaired) electrons. The van der Waals surface area contributed by atoms with Crippen molar-refractivity contribution in [3.63, 3.8) is 0 Å². The quantitative estimate of drug-likeness (QED) is 0.787. The molecule has 1 aliphatic heterocycles. The number of Topliss-reactive ketones (excluding diaryl/α,β-unsaturated/α-hetero) is 1. The molecule has 0 unspecified atom stereocenters. The summed E-state index contributed by atoms with van der Waals surface area (Å²) < 4.78 is 10.8. The lowest BCUT2D eigenvalue weighted by molar-refractivity contribution is 0.100. The molecule has 0 amide bonds. The van der Waals surface area contributed by atoms with E-state index >= 15 is 0 Å². The molecular weight excluding hydrogens is 264 g/mol. The van der Waals surface area contributed by atoms with Crippen molar-refractivity contribution in [1.29, 1.82) is 0 Å². The summed E-state index contributed by atoms with van der Waals surface area (Å²) in [6, 6.07) is 13.3. The van der Waals surface area contributed by atoms with Crippen molar-refractivity contribution >= 4 is 11.9 Å². The molecule has 0 fully saturated rings. The van der Waals surface area contributed by atoms with E-state index in [1.165, 1.54) is 5.56 Å². The average Bonchev–Trinajstić information content (AvgIpc) is 2.52. The first-order chi connectivity index (χ1) is 10.2. The van der Waals surface area contributed by atoms with E-state index in [2.05, 4.69) is 0 Å². The smallest absolute Gasteiger partial charge is 0.196 e. The molecule has 106 valence electrons. The van der Waals surface area contributed by atoms with Crippen molar-refractivity contribution in [3.05, 3.63) is 64.7 Å². The fourth-order valence-electron chi connectivity index (χ4n) is 2.30. The van der Waals surface area contributed by atoms with Gasteiger partial charge in [-0.1, -0.05) is 29.8 Å². The topological polar surface area (TPSA) is 35.5 Å². The van der Waals surface area contributed by atoms with E-state index in [1.54, 1.807) is 25.3 Å². The first-order valence-electron chi connectivity index (χ1n) is 6.80. The van der Waals surface area contributed by atoms with Crippen LogP contribution in [0.1, 0.15) is 21.5 Å². The van der Waals surface area contributed by atoms with Crippen LogP contribution in [-0.2, 0) is 0 Å². The molecule has 0 bridgehead atoms. The molecule has 0 saturated carbocycles. The summed E-state index contributed by atoms with van der Waals surface area (Å²) >= 11 is 0. The number of carbonyl (C=O) groups excluding carboxylic acids is 1. The van der Waals surface area contributed by atoms with Crippen LogP contribution in [0.2, 0.25) is 0 Å². The van der Waals surface area contributed by atoms with Crippen LogP contribution >= 0.6 is 0 Å². The number of carbonyl (C=O) groups is 1. The third-order valence-corrected chi connectivity index (χ3v) is 3.52. The molecule has 0 N–H and O–H groups in total. The minimum Gasteiger partial charge on any atom is -0.497 e. The molecule has 3 nitrogen and oxygen atoms in total. The maximum atomic E-state index is 12.6. The van der Waals surface area contributed by atoms with E-state index in [-0.39, 0.29) is 5.78 Å². The third-order valence-electron chi connectivity index (χ3n) is 3.52. The van der Waals surface area contributed by atoms with Gasteiger partial charge in [-0.05, 0) is 36.8 Å². The molecule has 2 aromatic carbocycles. The van der Waals surface area contributed by atoms with Gasteiger partial charge in [-0.25, -0.2) is 0 Å². The van der Waals surface area contributed by atoms with Gasteiger partial charge in [0.1, 0.15) is 18.1 Å². The fraction of sp³-hybridized carbons (Fsp3) is 0.167. The number of aryl methyl sites for hydroxylation is 1. The van der Waals surface area contributed by atoms with Crippen LogP contribution in [0.4, 0.5) is 0 Å². The Balaban J connectivity index is 1.96. The molecule has 0 aromatic heterocycles. The summed E-state index contributed by atoms with van der Waals surface area (Å²) in [6.07, 6.45) is 1.88. The molecule has 2 aromatic rings. The van der Waals surface area contributed by atoms with Crippen molar-refractivity contribution in [2.75, 3.05) is 13.7 Å². The normalized spacial score (nSPS) is 15.5. The Hall–Kier alpha value is -2.55. The van der Waals surface area contributed by atoms with Crippen LogP contribution < -0.4 is 9.47 Å². The van der Waals surface area contributed by atoms with Crippen LogP contribution in [0.15, 0.2) is 48.0 Å². The summed E-state index contributed by atoms with van der Waals surface area (Å²) in [5, 5.41) is 0. The van der Waals surface area contributed by atoms with Gasteiger partial charge < -0.3 is 9.47 Å². The number of ether oxygens (including phenoxy) is 2. The monoisotopic (exact) mass is 280 g/mol. The van der Waals surface area contributed by atoms with Crippen molar-refractivity contribution in [1.82, 2.24) is 0 Å². The van der Waals surface area contributed by atoms with Crippen LogP contribution in [0.25, 0.3) is 6.08 Å². The number of methoxy groups -OCH3 is 1. The molecule has 1 aliphatic rings. The van der Waals surface area contributed by atoms with Gasteiger partial charge in [0.2, 0.25) is 0 Å². The van der Waals surface area contributed by atoms with Crippen LogP contribution in [-0.4, -0.2) is 19.5 Å². The third kappa shape index (κ3) is 2.68. The minimum absolute atomic E-state index is 0.00396. The Kier molecular flexibility index (Phi) is 3.48. The van der Waals surface area contributed by atoms with Gasteiger partial charge in [-0.15, -0.1) is 0 Å². The lowest BCUT2D eigenvalue weighted by Crippen LogP contribution is -2.19. The highest BCUT2D eigenvalue weighted by Crippen LogP contribution is 2.31. The summed E-state index contributed by atoms with van der Waals surface area (Å²) in [5.74, 6) is 1.26. The van der Waals surface area contributed by atoms with E-state index < -0.39 is 0 Å². The second kappa shape index (κ2) is 5.44. The van der Waals surface area contributed by atoms with Gasteiger partial charge in [-0.2, -0.15) is 0 Å². The fourth-order valence-corrected chi connectivity index (χ4v) is 2.30. The zero-order valence-electron chi connectivity index (χ0n) is 12.1. The second-order valence-electron chi connectivity index (χ2n) is 5.06. The van der Waals surface area contributed by atoms with E-state index in [9.17, 15) is 4.79 Å². The van der Waals surface area contributed by atoms with Gasteiger partial charge in [0.05, 0.1) is 12.7 Å². The summed E-state index contributed by atoms with van der Waals surface area (Å²) in [5.41, 5.74) is 3.40. The van der Waals surface area contributed by atoms with Crippen molar-refractivity contribution in [3.8, 4) is 11.5 Å². The van der Waals surface area contributed by atoms with Gasteiger partial charge in [0.15, 0.2) is 5.78 Å². The van der Waals surface area contributed by atoms with E-state index in [0.29, 0.717) is 29.2 Å². The van der Waals surface area contributed by atoms with Gasteiger partial charge >= 0.3 is 0 Å². The number of benzene rings is 2. The molecule has 3 rings (SSSR count). The number of rotatable bonds is 2. The van der Waals surface area contributed by atoms with E-state index in [1.807, 2.05) is 37.3 Å². The highest BCUT2D eigenvalue weighted by molar-refractivity contribution is 6.14. The zero-order valence-corrected chi connectivity index (χ0v) is 12.1. The maximum absolute atomic E-state index is 12.6. The molecule has 1 heterocycles. The minimum atomic E-state index is -0.00396. The Labute approximate surface area is 123 Å². The van der Waals surface area contributed by atoms with Gasteiger partial charge in [0.25, 0.3) is 0 Å². The largest absolute Gasteiger partial charge is 0.497 e. The predicted octanol–water partition coefficient (Wildman–Crippen LogP) is 3.66. The average molecular weight is 280 g/mol. The Bertz CT molecular complexity index is 712. The molecule has 0 spiro atoms. The predicted molar refractivity (Wildman–Crippen MR) is 82.0 cm³/mol. The molecule has 0 saturated heterocycles. The van der Waals surface area contributed by atoms with Crippen molar-refractivity contribution in [2.45, 2.75) is 6.92 Å². The summed E-state index contributed by atoms with van der Waals surface area (Å²) in [6.45, 7) is 2.33. The van der Waals surface area contributed by atoms with E-state index in [4.69, 9.17) is 9.47 Å². The SMILES string of the molecule is COc1ccc2c(c1)C(=O)C(=Cc1ccc(C)cc1)CO2. The highest BCUT2D eigenvalue weighted by Gasteiger charge is 2.23. The number of ketones is 1. The standard InChI is InChI=1S/C18H16O3/c1-12-3-5-13(6-4-12)9-14-11-21-17-8-7-15(20-2)10-16(17)18(14)19/h3-10H,11H2,1-2H3. The van der Waals surface area contributed by atoms with Crippen LogP contribution in [0.3, 0.4) is 0 Å². The maximum Gasteiger partial charge on any atom is 0.196 e. The molecular formula is C18H16O3. The molecule has 0 atom stereocenters. The summed E-state index contributed by atoms with van der Waals surface area (Å²) in [4.78, 5) is 12.6. The molecule has 0 aliphatic carbocycles. The lowest BCUT2D eigenvalue weighted by Gasteiger charge is -2.19. The molecule has 3 heteroatoms. The van der Waals surface area contributed by atoms with Gasteiger partial charge in [-0.3, -0.25) is 4.79 Å². The van der Waals surface area contributed by atoms with Crippen molar-refractivity contribution < 1.29 is 14.3 Å². The highest BCUT2D eigenvalue weighted by atomic mass is 16.5. The Morgan fingerprint density at radius 3 is 2.62 bits per heavy atom. The van der Waals surface area contributed by atoms with Crippen LogP contribution in [0, 0.1) is 6.92 Å². The van der Waals surface area contributed by atoms with Crippen LogP contribution in [0.5, 0.6) is 11.5 Å². The Morgan fingerprint density at radius 1 is 1.14 bits per heavy atom. The van der Waals surface area contributed by atoms with E-state index in [0.717, 1.165) is 5.56 Å². The first kappa shape index (κ1) is 13.4. The number of hydrogen-bond acceptors (Lipinski definition) is 3. The van der Waals surface area contributed by atoms with Crippen molar-refractivity contribution in [2.24, 2.45) is 0 Å². The van der Waals surface area contributed by atoms with Gasteiger partial charge in [0, 0.05) is 5.57 Å². The Morgan fingerprint density at radius 2 is 1.90 bits per heavy atom. The molecule has 21 heavy (non-hydrogen) atoms. The number of hydrogen-bond donors (Lipinski definition) is 0. The zero-order chi connectivity index (χ0) is 14.8. The first-order valence-corrected chi connectivity index (χ1v) is 6.80. The number of fused-ring (bicyclic) bond motifs is 1. The second-order valence-corrected chi connectivity index (χ2v) is 5.06. The lowest BCUT2D eigenvalue weighted by atomic mass is 9.98.